The lowest BCUT2D eigenvalue weighted by Crippen LogP contribution is -2.43. The Bertz CT molecular complexity index is 636. The minimum Gasteiger partial charge on any atom is -0.484 e. The molecule has 23 heavy (non-hydrogen) atoms. The summed E-state index contributed by atoms with van der Waals surface area (Å²) < 4.78 is 5.69. The van der Waals surface area contributed by atoms with Gasteiger partial charge < -0.3 is 9.64 Å². The lowest BCUT2D eigenvalue weighted by molar-refractivity contribution is -0.121. The zero-order valence-electron chi connectivity index (χ0n) is 13.3. The molecule has 1 amide bonds. The second kappa shape index (κ2) is 7.55. The smallest absolute Gasteiger partial charge is 0.265 e. The van der Waals surface area contributed by atoms with Gasteiger partial charge in [-0.05, 0) is 43.4 Å². The van der Waals surface area contributed by atoms with Crippen molar-refractivity contribution in [2.75, 3.05) is 23.0 Å². The molecule has 1 fully saturated rings. The van der Waals surface area contributed by atoms with Crippen LogP contribution in [0.4, 0.5) is 5.69 Å². The van der Waals surface area contributed by atoms with Crippen LogP contribution in [0.2, 0.25) is 0 Å². The Kier molecular flexibility index (Phi) is 5.23. The van der Waals surface area contributed by atoms with Crippen molar-refractivity contribution in [3.8, 4) is 5.75 Å². The topological polar surface area (TPSA) is 29.5 Å². The van der Waals surface area contributed by atoms with E-state index in [0.29, 0.717) is 0 Å². The zero-order chi connectivity index (χ0) is 16.1. The van der Waals surface area contributed by atoms with Crippen molar-refractivity contribution in [2.24, 2.45) is 0 Å². The fourth-order valence-electron chi connectivity index (χ4n) is 2.72. The van der Waals surface area contributed by atoms with Crippen LogP contribution < -0.4 is 9.64 Å². The van der Waals surface area contributed by atoms with Crippen LogP contribution in [0.5, 0.6) is 5.75 Å². The third kappa shape index (κ3) is 4.08. The maximum atomic E-state index is 12.8. The van der Waals surface area contributed by atoms with Gasteiger partial charge >= 0.3 is 0 Å². The van der Waals surface area contributed by atoms with Crippen LogP contribution in [0.25, 0.3) is 0 Å². The summed E-state index contributed by atoms with van der Waals surface area (Å²) in [5.74, 6) is 2.85. The Morgan fingerprint density at radius 2 is 1.91 bits per heavy atom. The van der Waals surface area contributed by atoms with Crippen LogP contribution in [0, 0.1) is 6.92 Å². The van der Waals surface area contributed by atoms with Crippen molar-refractivity contribution < 1.29 is 9.53 Å². The molecule has 3 nitrogen and oxygen atoms in total. The van der Waals surface area contributed by atoms with Crippen molar-refractivity contribution in [1.29, 1.82) is 0 Å². The summed E-state index contributed by atoms with van der Waals surface area (Å²) >= 11 is 1.90. The fourth-order valence-corrected chi connectivity index (χ4v) is 3.92. The molecule has 2 aromatic rings. The summed E-state index contributed by atoms with van der Waals surface area (Å²) in [6.07, 6.45) is 1.04. The molecule has 0 radical (unpaired) electrons. The predicted octanol–water partition coefficient (Wildman–Crippen LogP) is 3.91. The molecule has 3 rings (SSSR count). The number of thioether (sulfide) groups is 1. The van der Waals surface area contributed by atoms with Crippen molar-refractivity contribution in [3.05, 3.63) is 60.2 Å². The van der Waals surface area contributed by atoms with Gasteiger partial charge in [0.05, 0.1) is 0 Å². The second-order valence-corrected chi connectivity index (χ2v) is 6.87. The van der Waals surface area contributed by atoms with Crippen LogP contribution in [0.3, 0.4) is 0 Å². The average Bonchev–Trinajstić information content (AvgIpc) is 3.10. The van der Waals surface area contributed by atoms with Gasteiger partial charge in [0.15, 0.2) is 6.61 Å². The molecular formula is C19H21NO2S. The molecular weight excluding hydrogens is 306 g/mol. The van der Waals surface area contributed by atoms with E-state index in [0.717, 1.165) is 29.4 Å². The molecule has 1 unspecified atom stereocenters. The first-order valence-corrected chi connectivity index (χ1v) is 9.04. The molecule has 0 saturated carbocycles. The molecule has 1 saturated heterocycles. The van der Waals surface area contributed by atoms with Crippen molar-refractivity contribution in [2.45, 2.75) is 19.4 Å². The molecule has 0 bridgehead atoms. The molecule has 1 aliphatic rings. The number of para-hydroxylation sites is 1. The van der Waals surface area contributed by atoms with Gasteiger partial charge in [-0.3, -0.25) is 4.79 Å². The van der Waals surface area contributed by atoms with E-state index in [1.807, 2.05) is 78.2 Å². The lowest BCUT2D eigenvalue weighted by Gasteiger charge is -2.28. The number of carbonyl (C=O) groups excluding carboxylic acids is 1. The lowest BCUT2D eigenvalue weighted by atomic mass is 10.2. The number of aryl methyl sites for hydroxylation is 1. The Labute approximate surface area is 141 Å². The minimum atomic E-state index is 0.0178. The normalized spacial score (nSPS) is 17.0. The number of nitrogens with zero attached hydrogens (tertiary/aromatic N) is 1. The SMILES string of the molecule is Cc1ccc(OCC(=O)N(c2ccccc2)C2CCSC2)cc1. The zero-order valence-corrected chi connectivity index (χ0v) is 14.1. The Balaban J connectivity index is 1.71. The van der Waals surface area contributed by atoms with Crippen molar-refractivity contribution in [3.63, 3.8) is 0 Å². The van der Waals surface area contributed by atoms with Gasteiger partial charge in [0.1, 0.15) is 5.75 Å². The molecule has 0 aliphatic carbocycles. The highest BCUT2D eigenvalue weighted by Gasteiger charge is 2.28. The summed E-state index contributed by atoms with van der Waals surface area (Å²) in [6, 6.07) is 17.9. The number of ether oxygens (including phenoxy) is 1. The van der Waals surface area contributed by atoms with Gasteiger partial charge in [-0.15, -0.1) is 0 Å². The monoisotopic (exact) mass is 327 g/mol. The highest BCUT2D eigenvalue weighted by molar-refractivity contribution is 7.99. The second-order valence-electron chi connectivity index (χ2n) is 5.72. The third-order valence-corrected chi connectivity index (χ3v) is 5.10. The molecule has 0 spiro atoms. The minimum absolute atomic E-state index is 0.0178. The van der Waals surface area contributed by atoms with E-state index in [2.05, 4.69) is 0 Å². The van der Waals surface area contributed by atoms with Gasteiger partial charge in [0.25, 0.3) is 5.91 Å². The van der Waals surface area contributed by atoms with E-state index >= 15 is 0 Å². The van der Waals surface area contributed by atoms with Crippen LogP contribution in [0.15, 0.2) is 54.6 Å². The number of rotatable bonds is 5. The molecule has 0 N–H and O–H groups in total. The van der Waals surface area contributed by atoms with Crippen molar-refractivity contribution in [1.82, 2.24) is 0 Å². The number of benzene rings is 2. The van der Waals surface area contributed by atoms with Crippen LogP contribution in [-0.4, -0.2) is 30.1 Å². The van der Waals surface area contributed by atoms with E-state index in [9.17, 15) is 4.79 Å². The predicted molar refractivity (Wildman–Crippen MR) is 96.3 cm³/mol. The van der Waals surface area contributed by atoms with Crippen LogP contribution >= 0.6 is 11.8 Å². The third-order valence-electron chi connectivity index (χ3n) is 3.96. The van der Waals surface area contributed by atoms with Gasteiger partial charge in [-0.25, -0.2) is 0 Å². The summed E-state index contributed by atoms with van der Waals surface area (Å²) in [5.41, 5.74) is 2.13. The average molecular weight is 327 g/mol. The van der Waals surface area contributed by atoms with E-state index < -0.39 is 0 Å². The molecule has 2 aromatic carbocycles. The first-order valence-electron chi connectivity index (χ1n) is 7.88. The Hall–Kier alpha value is -1.94. The largest absolute Gasteiger partial charge is 0.484 e. The standard InChI is InChI=1S/C19H21NO2S/c1-15-7-9-18(10-8-15)22-13-19(21)20(17-11-12-23-14-17)16-5-3-2-4-6-16/h2-10,17H,11-14H2,1H3. The first kappa shape index (κ1) is 15.9. The van der Waals surface area contributed by atoms with E-state index in [-0.39, 0.29) is 18.6 Å². The van der Waals surface area contributed by atoms with Gasteiger partial charge in [0, 0.05) is 17.5 Å². The van der Waals surface area contributed by atoms with E-state index in [1.165, 1.54) is 5.56 Å². The number of hydrogen-bond donors (Lipinski definition) is 0. The quantitative estimate of drug-likeness (QED) is 0.834. The number of amides is 1. The summed E-state index contributed by atoms with van der Waals surface area (Å²) in [5, 5.41) is 0. The Morgan fingerprint density at radius 3 is 2.57 bits per heavy atom. The summed E-state index contributed by atoms with van der Waals surface area (Å²) in [6.45, 7) is 2.10. The number of anilines is 1. The molecule has 1 heterocycles. The molecule has 0 aromatic heterocycles. The fraction of sp³-hybridized carbons (Fsp3) is 0.316. The Morgan fingerprint density at radius 1 is 1.17 bits per heavy atom. The maximum Gasteiger partial charge on any atom is 0.265 e. The molecule has 1 aliphatic heterocycles. The maximum absolute atomic E-state index is 12.8. The first-order chi connectivity index (χ1) is 11.2. The summed E-state index contributed by atoms with van der Waals surface area (Å²) in [7, 11) is 0. The van der Waals surface area contributed by atoms with Gasteiger partial charge in [-0.2, -0.15) is 11.8 Å². The highest BCUT2D eigenvalue weighted by atomic mass is 32.2. The molecule has 1 atom stereocenters. The van der Waals surface area contributed by atoms with E-state index in [1.54, 1.807) is 0 Å². The summed E-state index contributed by atoms with van der Waals surface area (Å²) in [4.78, 5) is 14.7. The van der Waals surface area contributed by atoms with Crippen molar-refractivity contribution >= 4 is 23.4 Å². The van der Waals surface area contributed by atoms with Crippen LogP contribution in [0.1, 0.15) is 12.0 Å². The highest BCUT2D eigenvalue weighted by Crippen LogP contribution is 2.27. The van der Waals surface area contributed by atoms with Gasteiger partial charge in [0.2, 0.25) is 0 Å². The molecule has 4 heteroatoms. The molecule has 120 valence electrons. The number of hydrogen-bond acceptors (Lipinski definition) is 3. The van der Waals surface area contributed by atoms with E-state index in [4.69, 9.17) is 4.74 Å². The van der Waals surface area contributed by atoms with Crippen LogP contribution in [-0.2, 0) is 4.79 Å². The number of carbonyl (C=O) groups is 1. The van der Waals surface area contributed by atoms with Gasteiger partial charge in [-0.1, -0.05) is 35.9 Å².